The number of nitrogens with one attached hydrogen (secondary N) is 1. The van der Waals surface area contributed by atoms with E-state index in [1.54, 1.807) is 6.20 Å². The fourth-order valence-corrected chi connectivity index (χ4v) is 3.64. The van der Waals surface area contributed by atoms with Crippen molar-refractivity contribution in [2.45, 2.75) is 32.1 Å². The second kappa shape index (κ2) is 4.55. The first-order valence-electron chi connectivity index (χ1n) is 7.38. The molecule has 0 aromatic carbocycles. The van der Waals surface area contributed by atoms with E-state index < -0.39 is 0 Å². The van der Waals surface area contributed by atoms with Crippen LogP contribution in [0.1, 0.15) is 37.9 Å². The van der Waals surface area contributed by atoms with E-state index in [0.717, 1.165) is 41.9 Å². The lowest BCUT2D eigenvalue weighted by Gasteiger charge is -2.16. The van der Waals surface area contributed by atoms with Crippen LogP contribution >= 0.6 is 0 Å². The molecule has 3 heterocycles. The maximum Gasteiger partial charge on any atom is 0.179 e. The Kier molecular flexibility index (Phi) is 2.67. The van der Waals surface area contributed by atoms with Crippen molar-refractivity contribution in [2.75, 3.05) is 0 Å². The maximum atomic E-state index is 9.24. The summed E-state index contributed by atoms with van der Waals surface area (Å²) in [7, 11) is 0. The van der Waals surface area contributed by atoms with E-state index in [9.17, 15) is 5.26 Å². The van der Waals surface area contributed by atoms with Gasteiger partial charge in [-0.25, -0.2) is 4.98 Å². The number of nitriles is 1. The van der Waals surface area contributed by atoms with Crippen molar-refractivity contribution >= 4 is 16.8 Å². The van der Waals surface area contributed by atoms with E-state index in [1.165, 1.54) is 0 Å². The average molecular weight is 280 g/mol. The molecule has 21 heavy (non-hydrogen) atoms. The van der Waals surface area contributed by atoms with Crippen LogP contribution in [0.15, 0.2) is 18.5 Å². The van der Waals surface area contributed by atoms with E-state index in [4.69, 9.17) is 0 Å². The van der Waals surface area contributed by atoms with E-state index in [-0.39, 0.29) is 5.92 Å². The van der Waals surface area contributed by atoms with Crippen LogP contribution in [0.4, 0.5) is 0 Å². The van der Waals surface area contributed by atoms with Gasteiger partial charge in [0.25, 0.3) is 0 Å². The van der Waals surface area contributed by atoms with Gasteiger partial charge in [-0.15, -0.1) is 10.2 Å². The van der Waals surface area contributed by atoms with Crippen LogP contribution in [0.2, 0.25) is 0 Å². The Labute approximate surface area is 121 Å². The minimum absolute atomic E-state index is 0.135. The zero-order valence-corrected chi connectivity index (χ0v) is 11.8. The monoisotopic (exact) mass is 280 g/mol. The Hall–Kier alpha value is -2.42. The van der Waals surface area contributed by atoms with E-state index in [0.29, 0.717) is 11.8 Å². The third kappa shape index (κ3) is 1.74. The number of rotatable bonds is 2. The molecule has 1 N–H and O–H groups in total. The third-order valence-corrected chi connectivity index (χ3v) is 4.70. The molecule has 1 saturated carbocycles. The van der Waals surface area contributed by atoms with E-state index >= 15 is 0 Å². The molecule has 3 aromatic heterocycles. The zero-order valence-electron chi connectivity index (χ0n) is 11.8. The second-order valence-electron chi connectivity index (χ2n) is 5.79. The number of fused-ring (bicyclic) bond motifs is 3. The van der Waals surface area contributed by atoms with Gasteiger partial charge in [-0.2, -0.15) is 5.26 Å². The number of aromatic amines is 1. The van der Waals surface area contributed by atoms with Crippen molar-refractivity contribution in [3.05, 3.63) is 24.3 Å². The summed E-state index contributed by atoms with van der Waals surface area (Å²) >= 11 is 0. The zero-order chi connectivity index (χ0) is 14.4. The van der Waals surface area contributed by atoms with Crippen molar-refractivity contribution < 1.29 is 0 Å². The van der Waals surface area contributed by atoms with Crippen LogP contribution < -0.4 is 0 Å². The highest BCUT2D eigenvalue weighted by molar-refractivity contribution is 5.74. The van der Waals surface area contributed by atoms with Crippen LogP contribution in [0.25, 0.3) is 16.8 Å². The first kappa shape index (κ1) is 12.3. The van der Waals surface area contributed by atoms with Crippen LogP contribution in [-0.2, 0) is 0 Å². The van der Waals surface area contributed by atoms with Crippen molar-refractivity contribution in [1.29, 1.82) is 5.26 Å². The Balaban J connectivity index is 1.90. The predicted octanol–water partition coefficient (Wildman–Crippen LogP) is 2.65. The molecule has 1 fully saturated rings. The SMILES string of the molecule is CC[C@@H]1C[C@@H](C#N)C[C@@H]1c1nnc2cnc3[nH]ccc3n12. The molecule has 106 valence electrons. The lowest BCUT2D eigenvalue weighted by Crippen LogP contribution is -2.09. The molecule has 0 saturated heterocycles. The quantitative estimate of drug-likeness (QED) is 0.782. The Morgan fingerprint density at radius 2 is 2.33 bits per heavy atom. The molecule has 1 aliphatic rings. The second-order valence-corrected chi connectivity index (χ2v) is 5.79. The Morgan fingerprint density at radius 3 is 3.14 bits per heavy atom. The number of hydrogen-bond donors (Lipinski definition) is 1. The number of H-pyrrole nitrogens is 1. The molecule has 0 unspecified atom stereocenters. The molecular formula is C15H16N6. The van der Waals surface area contributed by atoms with Gasteiger partial charge in [-0.05, 0) is 24.8 Å². The molecule has 3 atom stereocenters. The van der Waals surface area contributed by atoms with Crippen LogP contribution in [0, 0.1) is 23.2 Å². The molecule has 0 bridgehead atoms. The van der Waals surface area contributed by atoms with Crippen molar-refractivity contribution in [1.82, 2.24) is 24.6 Å². The summed E-state index contributed by atoms with van der Waals surface area (Å²) < 4.78 is 2.09. The molecule has 0 aliphatic heterocycles. The van der Waals surface area contributed by atoms with Gasteiger partial charge in [0.1, 0.15) is 5.82 Å². The van der Waals surface area contributed by atoms with Gasteiger partial charge in [-0.1, -0.05) is 13.3 Å². The summed E-state index contributed by atoms with van der Waals surface area (Å²) in [6.07, 6.45) is 6.54. The standard InChI is InChI=1S/C15H16N6/c1-2-10-5-9(7-16)6-11(10)15-20-19-13-8-18-14-12(21(13)15)3-4-17-14/h3-4,8-11,17H,2,5-6H2,1H3/t9-,10-,11+/m1/s1. The molecule has 6 nitrogen and oxygen atoms in total. The highest BCUT2D eigenvalue weighted by atomic mass is 15.3. The minimum Gasteiger partial charge on any atom is -0.345 e. The van der Waals surface area contributed by atoms with Gasteiger partial charge in [-0.3, -0.25) is 4.40 Å². The smallest absolute Gasteiger partial charge is 0.179 e. The summed E-state index contributed by atoms with van der Waals surface area (Å²) in [6.45, 7) is 2.19. The minimum atomic E-state index is 0.135. The van der Waals surface area contributed by atoms with Crippen LogP contribution in [0.3, 0.4) is 0 Å². The van der Waals surface area contributed by atoms with Crippen LogP contribution in [0.5, 0.6) is 0 Å². The highest BCUT2D eigenvalue weighted by Crippen LogP contribution is 2.44. The number of hydrogen-bond acceptors (Lipinski definition) is 4. The van der Waals surface area contributed by atoms with Gasteiger partial charge in [0.15, 0.2) is 11.3 Å². The van der Waals surface area contributed by atoms with Crippen molar-refractivity contribution in [2.24, 2.45) is 11.8 Å². The number of aromatic nitrogens is 5. The molecular weight excluding hydrogens is 264 g/mol. The molecule has 6 heteroatoms. The summed E-state index contributed by atoms with van der Waals surface area (Å²) in [5, 5.41) is 17.9. The Bertz CT molecular complexity index is 839. The van der Waals surface area contributed by atoms with Gasteiger partial charge in [0.05, 0.1) is 17.8 Å². The molecule has 4 rings (SSSR count). The first-order valence-corrected chi connectivity index (χ1v) is 7.38. The summed E-state index contributed by atoms with van der Waals surface area (Å²) in [5.74, 6) is 1.91. The lowest BCUT2D eigenvalue weighted by molar-refractivity contribution is 0.450. The Morgan fingerprint density at radius 1 is 1.43 bits per heavy atom. The van der Waals surface area contributed by atoms with E-state index in [2.05, 4.69) is 37.6 Å². The molecule has 0 spiro atoms. The van der Waals surface area contributed by atoms with Gasteiger partial charge < -0.3 is 4.98 Å². The van der Waals surface area contributed by atoms with Crippen molar-refractivity contribution in [3.63, 3.8) is 0 Å². The summed E-state index contributed by atoms with van der Waals surface area (Å²) in [4.78, 5) is 7.47. The predicted molar refractivity (Wildman–Crippen MR) is 77.5 cm³/mol. The molecule has 3 aromatic rings. The van der Waals surface area contributed by atoms with Gasteiger partial charge >= 0.3 is 0 Å². The molecule has 0 radical (unpaired) electrons. The van der Waals surface area contributed by atoms with Gasteiger partial charge in [0, 0.05) is 18.0 Å². The summed E-state index contributed by atoms with van der Waals surface area (Å²) in [5.41, 5.74) is 2.61. The summed E-state index contributed by atoms with van der Waals surface area (Å²) in [6, 6.07) is 4.42. The van der Waals surface area contributed by atoms with Gasteiger partial charge in [0.2, 0.25) is 0 Å². The average Bonchev–Trinajstić information content (AvgIpc) is 3.22. The van der Waals surface area contributed by atoms with E-state index in [1.807, 2.05) is 12.3 Å². The third-order valence-electron chi connectivity index (χ3n) is 4.70. The maximum absolute atomic E-state index is 9.24. The lowest BCUT2D eigenvalue weighted by atomic mass is 9.93. The number of nitrogens with zero attached hydrogens (tertiary/aromatic N) is 5. The highest BCUT2D eigenvalue weighted by Gasteiger charge is 2.37. The first-order chi connectivity index (χ1) is 10.3. The van der Waals surface area contributed by atoms with Crippen molar-refractivity contribution in [3.8, 4) is 6.07 Å². The molecule has 0 amide bonds. The largest absolute Gasteiger partial charge is 0.345 e. The fourth-order valence-electron chi connectivity index (χ4n) is 3.64. The van der Waals surface area contributed by atoms with Crippen LogP contribution in [-0.4, -0.2) is 24.6 Å². The molecule has 1 aliphatic carbocycles. The fraction of sp³-hybridized carbons (Fsp3) is 0.467. The normalized spacial score (nSPS) is 25.6. The topological polar surface area (TPSA) is 82.7 Å².